The lowest BCUT2D eigenvalue weighted by molar-refractivity contribution is -0.136. The highest BCUT2D eigenvalue weighted by Gasteiger charge is 2.30. The molecule has 11 heteroatoms. The lowest BCUT2D eigenvalue weighted by Crippen LogP contribution is -2.38. The van der Waals surface area contributed by atoms with E-state index in [-0.39, 0.29) is 23.9 Å². The molecule has 0 bridgehead atoms. The third kappa shape index (κ3) is 7.85. The van der Waals surface area contributed by atoms with Crippen LogP contribution in [0.3, 0.4) is 0 Å². The van der Waals surface area contributed by atoms with Crippen LogP contribution in [-0.2, 0) is 17.8 Å². The Bertz CT molecular complexity index is 1890. The Morgan fingerprint density at radius 1 is 1.04 bits per heavy atom. The second-order valence-electron chi connectivity index (χ2n) is 13.7. The van der Waals surface area contributed by atoms with Gasteiger partial charge < -0.3 is 24.8 Å². The summed E-state index contributed by atoms with van der Waals surface area (Å²) in [5.41, 5.74) is 3.79. The molecule has 248 valence electrons. The van der Waals surface area contributed by atoms with Gasteiger partial charge in [-0.2, -0.15) is 0 Å². The Labute approximate surface area is 272 Å². The topological polar surface area (TPSA) is 125 Å². The molecule has 0 aliphatic carbocycles. The predicted molar refractivity (Wildman–Crippen MR) is 180 cm³/mol. The third-order valence-corrected chi connectivity index (χ3v) is 8.17. The van der Waals surface area contributed by atoms with Gasteiger partial charge in [-0.3, -0.25) is 9.78 Å². The van der Waals surface area contributed by atoms with E-state index in [4.69, 9.17) is 9.52 Å². The molecule has 1 aliphatic rings. The Morgan fingerprint density at radius 2 is 1.68 bits per heavy atom. The average molecular weight is 646 g/mol. The number of pyridine rings is 1. The molecular weight excluding hydrogens is 604 g/mol. The zero-order chi connectivity index (χ0) is 34.1. The number of carboxylic acids is 1. The maximum absolute atomic E-state index is 15.6. The van der Waals surface area contributed by atoms with E-state index in [1.54, 1.807) is 33.9 Å². The summed E-state index contributed by atoms with van der Waals surface area (Å²) in [7, 11) is 0. The lowest BCUT2D eigenvalue weighted by atomic mass is 9.82. The lowest BCUT2D eigenvalue weighted by Gasteiger charge is -2.40. The van der Waals surface area contributed by atoms with Gasteiger partial charge in [0.2, 0.25) is 0 Å². The zero-order valence-corrected chi connectivity index (χ0v) is 27.6. The van der Waals surface area contributed by atoms with Gasteiger partial charge in [0.1, 0.15) is 29.1 Å². The number of carbonyl (C=O) groups is 1. The Balaban J connectivity index is 0.000000807. The highest BCUT2D eigenvalue weighted by Crippen LogP contribution is 2.40. The van der Waals surface area contributed by atoms with Gasteiger partial charge in [0.25, 0.3) is 0 Å². The van der Waals surface area contributed by atoms with Crippen LogP contribution in [0.5, 0.6) is 0 Å². The van der Waals surface area contributed by atoms with Crippen molar-refractivity contribution in [3.8, 4) is 11.1 Å². The van der Waals surface area contributed by atoms with Gasteiger partial charge in [0.05, 0.1) is 17.7 Å². The van der Waals surface area contributed by atoms with Crippen molar-refractivity contribution >= 4 is 39.5 Å². The van der Waals surface area contributed by atoms with Crippen molar-refractivity contribution in [2.24, 2.45) is 5.41 Å². The number of hydrogen-bond acceptors (Lipinski definition) is 8. The number of anilines is 2. The molecule has 0 spiro atoms. The molecule has 0 atom stereocenters. The van der Waals surface area contributed by atoms with Crippen LogP contribution in [0.15, 0.2) is 53.3 Å². The fourth-order valence-electron chi connectivity index (χ4n) is 5.65. The number of furan rings is 1. The highest BCUT2D eigenvalue weighted by atomic mass is 19.1. The van der Waals surface area contributed by atoms with E-state index < -0.39 is 23.2 Å². The Hall–Kier alpha value is -4.64. The fraction of sp³-hybridized carbons (Fsp3) is 0.389. The van der Waals surface area contributed by atoms with Crippen molar-refractivity contribution < 1.29 is 28.2 Å². The number of hydrogen-bond donors (Lipinski definition) is 3. The van der Waals surface area contributed by atoms with Crippen molar-refractivity contribution in [1.82, 2.24) is 15.0 Å². The number of rotatable bonds is 7. The molecule has 0 saturated carbocycles. The maximum atomic E-state index is 15.6. The van der Waals surface area contributed by atoms with Gasteiger partial charge in [-0.1, -0.05) is 26.0 Å². The molecule has 3 aromatic heterocycles. The number of piperidine rings is 1. The first-order valence-electron chi connectivity index (χ1n) is 15.6. The molecule has 9 nitrogen and oxygen atoms in total. The van der Waals surface area contributed by atoms with Crippen LogP contribution in [-0.4, -0.2) is 49.8 Å². The normalized spacial score (nSPS) is 14.6. The van der Waals surface area contributed by atoms with E-state index in [0.29, 0.717) is 63.7 Å². The van der Waals surface area contributed by atoms with E-state index in [9.17, 15) is 9.90 Å². The molecule has 1 fully saturated rings. The molecule has 47 heavy (non-hydrogen) atoms. The number of para-hydroxylation sites is 1. The van der Waals surface area contributed by atoms with Gasteiger partial charge in [0.15, 0.2) is 11.4 Å². The van der Waals surface area contributed by atoms with Gasteiger partial charge >= 0.3 is 5.97 Å². The first kappa shape index (κ1) is 33.7. The summed E-state index contributed by atoms with van der Waals surface area (Å²) in [4.78, 5) is 26.9. The van der Waals surface area contributed by atoms with E-state index >= 15 is 8.78 Å². The summed E-state index contributed by atoms with van der Waals surface area (Å²) in [6.45, 7) is 12.6. The van der Waals surface area contributed by atoms with Crippen LogP contribution < -0.4 is 10.2 Å². The van der Waals surface area contributed by atoms with Gasteiger partial charge in [-0.25, -0.2) is 18.7 Å². The zero-order valence-electron chi connectivity index (χ0n) is 27.6. The maximum Gasteiger partial charge on any atom is 0.307 e. The van der Waals surface area contributed by atoms with Crippen LogP contribution in [0.25, 0.3) is 33.2 Å². The van der Waals surface area contributed by atoms with E-state index in [0.717, 1.165) is 18.2 Å². The molecule has 0 radical (unpaired) electrons. The summed E-state index contributed by atoms with van der Waals surface area (Å²) < 4.78 is 37.1. The molecule has 1 saturated heterocycles. The standard InChI is InChI=1S/C32H31F2N5O3.C4H10O/c1-18-21(14-27(40)41)29(39-10-8-32(2,3)9-11-39)22(15-35-18)19-12-24(33)23(25(34)13-19)16-36-31-30-28(37-17-38-31)20-6-4-5-7-26(20)42-30;1-4(2,3)5/h4-7,12-13,15,17H,8-11,14,16H2,1-3H3,(H,40,41)(H,36,37,38);5H,1-3H3. The van der Waals surface area contributed by atoms with Crippen LogP contribution in [0.1, 0.15) is 64.3 Å². The van der Waals surface area contributed by atoms with Crippen molar-refractivity contribution in [3.05, 3.63) is 77.4 Å². The Kier molecular flexibility index (Phi) is 9.49. The average Bonchev–Trinajstić information content (AvgIpc) is 3.36. The third-order valence-electron chi connectivity index (χ3n) is 8.17. The number of fused-ring (bicyclic) bond motifs is 3. The molecular formula is C36H41F2N5O4. The summed E-state index contributed by atoms with van der Waals surface area (Å²) >= 11 is 0. The van der Waals surface area contributed by atoms with Crippen molar-refractivity contribution in [3.63, 3.8) is 0 Å². The van der Waals surface area contributed by atoms with Gasteiger partial charge in [-0.15, -0.1) is 0 Å². The summed E-state index contributed by atoms with van der Waals surface area (Å²) in [5.74, 6) is -2.13. The number of nitrogens with zero attached hydrogens (tertiary/aromatic N) is 4. The molecule has 4 heterocycles. The van der Waals surface area contributed by atoms with E-state index in [1.165, 1.54) is 18.5 Å². The minimum absolute atomic E-state index is 0.159. The molecule has 0 amide bonds. The summed E-state index contributed by atoms with van der Waals surface area (Å²) in [6, 6.07) is 10.0. The highest BCUT2D eigenvalue weighted by molar-refractivity contribution is 6.05. The predicted octanol–water partition coefficient (Wildman–Crippen LogP) is 7.67. The van der Waals surface area contributed by atoms with E-state index in [1.807, 2.05) is 24.3 Å². The largest absolute Gasteiger partial charge is 0.481 e. The minimum Gasteiger partial charge on any atom is -0.481 e. The number of nitrogens with one attached hydrogen (secondary N) is 1. The number of halogens is 2. The van der Waals surface area contributed by atoms with Crippen LogP contribution in [0.2, 0.25) is 0 Å². The van der Waals surface area contributed by atoms with Gasteiger partial charge in [-0.05, 0) is 75.8 Å². The molecule has 2 aromatic carbocycles. The smallest absolute Gasteiger partial charge is 0.307 e. The molecule has 1 aliphatic heterocycles. The molecule has 3 N–H and O–H groups in total. The number of aliphatic carboxylic acids is 1. The number of aliphatic hydroxyl groups is 1. The number of aryl methyl sites for hydroxylation is 1. The Morgan fingerprint density at radius 3 is 2.32 bits per heavy atom. The SMILES string of the molecule is CC(C)(C)O.Cc1ncc(-c2cc(F)c(CNc3ncnc4c3oc3ccccc34)c(F)c2)c(N2CCC(C)(C)CC2)c1CC(=O)O. The van der Waals surface area contributed by atoms with Crippen molar-refractivity contribution in [1.29, 1.82) is 0 Å². The second-order valence-corrected chi connectivity index (χ2v) is 13.7. The minimum atomic E-state index is -0.988. The summed E-state index contributed by atoms with van der Waals surface area (Å²) in [5, 5.41) is 22.0. The molecule has 0 unspecified atom stereocenters. The van der Waals surface area contributed by atoms with Crippen LogP contribution in [0, 0.1) is 24.0 Å². The fourth-order valence-corrected chi connectivity index (χ4v) is 5.65. The van der Waals surface area contributed by atoms with Crippen molar-refractivity contribution in [2.45, 2.75) is 73.0 Å². The van der Waals surface area contributed by atoms with E-state index in [2.05, 4.69) is 39.0 Å². The molecule has 5 aromatic rings. The van der Waals surface area contributed by atoms with Crippen molar-refractivity contribution in [2.75, 3.05) is 23.3 Å². The molecule has 6 rings (SSSR count). The second kappa shape index (κ2) is 13.2. The number of carboxylic acid groups (broad SMARTS) is 1. The van der Waals surface area contributed by atoms with Gasteiger partial charge in [0, 0.05) is 53.6 Å². The first-order chi connectivity index (χ1) is 22.1. The van der Waals surface area contributed by atoms with Crippen LogP contribution >= 0.6 is 0 Å². The number of benzene rings is 2. The monoisotopic (exact) mass is 645 g/mol. The van der Waals surface area contributed by atoms with Crippen LogP contribution in [0.4, 0.5) is 20.3 Å². The number of aromatic nitrogens is 3. The quantitative estimate of drug-likeness (QED) is 0.164. The summed E-state index contributed by atoms with van der Waals surface area (Å²) in [6.07, 6.45) is 4.56. The first-order valence-corrected chi connectivity index (χ1v) is 15.6.